The molecule has 0 radical (unpaired) electrons. The molecule has 0 aliphatic rings. The molecule has 0 heterocycles. The zero-order valence-electron chi connectivity index (χ0n) is 10.3. The third kappa shape index (κ3) is 3.12. The summed E-state index contributed by atoms with van der Waals surface area (Å²) in [5.74, 6) is -0.649. The van der Waals surface area contributed by atoms with Crippen LogP contribution in [0.1, 0.15) is 17.2 Å². The number of hydrogen-bond acceptors (Lipinski definition) is 3. The van der Waals surface area contributed by atoms with E-state index in [0.717, 1.165) is 0 Å². The van der Waals surface area contributed by atoms with Crippen molar-refractivity contribution in [2.45, 2.75) is 12.5 Å². The van der Waals surface area contributed by atoms with Crippen molar-refractivity contribution >= 4 is 17.3 Å². The quantitative estimate of drug-likeness (QED) is 0.691. The van der Waals surface area contributed by atoms with E-state index in [4.69, 9.17) is 11.6 Å². The number of hydrogen-bond donors (Lipinski definition) is 1. The topological polar surface area (TPSA) is 63.4 Å². The van der Waals surface area contributed by atoms with Gasteiger partial charge in [-0.15, -0.1) is 0 Å². The maximum atomic E-state index is 13.7. The van der Waals surface area contributed by atoms with Gasteiger partial charge in [-0.1, -0.05) is 35.9 Å². The number of aliphatic hydroxyl groups is 1. The van der Waals surface area contributed by atoms with Gasteiger partial charge >= 0.3 is 0 Å². The summed E-state index contributed by atoms with van der Waals surface area (Å²) in [5, 5.41) is 20.5. The van der Waals surface area contributed by atoms with E-state index in [-0.39, 0.29) is 22.7 Å². The molecule has 1 N–H and O–H groups in total. The van der Waals surface area contributed by atoms with Crippen LogP contribution in [0.2, 0.25) is 5.02 Å². The summed E-state index contributed by atoms with van der Waals surface area (Å²) in [5.41, 5.74) is 0.746. The molecule has 0 fully saturated rings. The second-order valence-corrected chi connectivity index (χ2v) is 4.69. The normalized spacial score (nSPS) is 12.2. The first-order chi connectivity index (χ1) is 9.49. The minimum absolute atomic E-state index is 0.0304. The molecule has 104 valence electrons. The fraction of sp³-hybridized carbons (Fsp3) is 0.143. The molecule has 4 nitrogen and oxygen atoms in total. The number of benzene rings is 2. The zero-order chi connectivity index (χ0) is 14.7. The van der Waals surface area contributed by atoms with Crippen molar-refractivity contribution in [2.24, 2.45) is 0 Å². The Morgan fingerprint density at radius 3 is 2.50 bits per heavy atom. The van der Waals surface area contributed by atoms with Gasteiger partial charge < -0.3 is 5.11 Å². The fourth-order valence-corrected chi connectivity index (χ4v) is 2.05. The summed E-state index contributed by atoms with van der Waals surface area (Å²) in [4.78, 5) is 10.0. The van der Waals surface area contributed by atoms with Crippen LogP contribution < -0.4 is 0 Å². The highest BCUT2D eigenvalue weighted by atomic mass is 35.5. The van der Waals surface area contributed by atoms with Crippen LogP contribution in [0.15, 0.2) is 42.5 Å². The molecule has 0 aliphatic carbocycles. The van der Waals surface area contributed by atoms with E-state index in [0.29, 0.717) is 5.56 Å². The van der Waals surface area contributed by atoms with E-state index in [1.54, 1.807) is 6.07 Å². The summed E-state index contributed by atoms with van der Waals surface area (Å²) in [6, 6.07) is 10.2. The molecular weight excluding hydrogens is 285 g/mol. The Morgan fingerprint density at radius 2 is 1.90 bits per heavy atom. The molecule has 0 aliphatic heterocycles. The first-order valence-corrected chi connectivity index (χ1v) is 6.22. The van der Waals surface area contributed by atoms with Gasteiger partial charge in [0.05, 0.1) is 16.0 Å². The van der Waals surface area contributed by atoms with Crippen LogP contribution in [0, 0.1) is 15.9 Å². The van der Waals surface area contributed by atoms with E-state index in [1.807, 2.05) is 0 Å². The van der Waals surface area contributed by atoms with Gasteiger partial charge in [-0.2, -0.15) is 0 Å². The molecule has 2 aromatic rings. The van der Waals surface area contributed by atoms with Crippen LogP contribution in [0.3, 0.4) is 0 Å². The first kappa shape index (κ1) is 14.4. The first-order valence-electron chi connectivity index (χ1n) is 5.84. The highest BCUT2D eigenvalue weighted by molar-refractivity contribution is 6.30. The Bertz CT molecular complexity index is 631. The van der Waals surface area contributed by atoms with Crippen LogP contribution in [0.4, 0.5) is 10.1 Å². The van der Waals surface area contributed by atoms with Gasteiger partial charge in [0.15, 0.2) is 0 Å². The smallest absolute Gasteiger partial charge is 0.269 e. The summed E-state index contributed by atoms with van der Waals surface area (Å²) < 4.78 is 13.7. The number of halogens is 2. The Morgan fingerprint density at radius 1 is 1.25 bits per heavy atom. The van der Waals surface area contributed by atoms with Crippen LogP contribution in [0.5, 0.6) is 0 Å². The molecule has 0 bridgehead atoms. The molecule has 0 saturated heterocycles. The summed E-state index contributed by atoms with van der Waals surface area (Å²) in [7, 11) is 0. The maximum Gasteiger partial charge on any atom is 0.269 e. The Labute approximate surface area is 119 Å². The van der Waals surface area contributed by atoms with Gasteiger partial charge in [-0.25, -0.2) is 4.39 Å². The SMILES string of the molecule is O=[N+]([O-])c1ccc(CC(O)c2cccc(Cl)c2F)cc1. The van der Waals surface area contributed by atoms with Crippen molar-refractivity contribution in [3.8, 4) is 0 Å². The van der Waals surface area contributed by atoms with Crippen molar-refractivity contribution in [1.82, 2.24) is 0 Å². The van der Waals surface area contributed by atoms with Crippen molar-refractivity contribution in [1.29, 1.82) is 0 Å². The molecule has 1 unspecified atom stereocenters. The standard InChI is InChI=1S/C14H11ClFNO3/c15-12-3-1-2-11(14(12)16)13(18)8-9-4-6-10(7-5-9)17(19)20/h1-7,13,18H,8H2. The van der Waals surface area contributed by atoms with Crippen LogP contribution >= 0.6 is 11.6 Å². The fourth-order valence-electron chi connectivity index (χ4n) is 1.86. The third-order valence-electron chi connectivity index (χ3n) is 2.92. The van der Waals surface area contributed by atoms with E-state index in [1.165, 1.54) is 36.4 Å². The lowest BCUT2D eigenvalue weighted by atomic mass is 10.0. The number of rotatable bonds is 4. The molecule has 2 aromatic carbocycles. The molecule has 1 atom stereocenters. The average Bonchev–Trinajstić information content (AvgIpc) is 2.42. The van der Waals surface area contributed by atoms with Crippen LogP contribution in [0.25, 0.3) is 0 Å². The summed E-state index contributed by atoms with van der Waals surface area (Å²) >= 11 is 5.66. The van der Waals surface area contributed by atoms with Gasteiger partial charge in [0.25, 0.3) is 5.69 Å². The lowest BCUT2D eigenvalue weighted by Gasteiger charge is -2.12. The van der Waals surface area contributed by atoms with Crippen LogP contribution in [-0.2, 0) is 6.42 Å². The molecule has 0 amide bonds. The van der Waals surface area contributed by atoms with Crippen molar-refractivity contribution in [3.05, 3.63) is 74.5 Å². The second-order valence-electron chi connectivity index (χ2n) is 4.29. The van der Waals surface area contributed by atoms with Gasteiger partial charge in [-0.3, -0.25) is 10.1 Å². The largest absolute Gasteiger partial charge is 0.388 e. The number of nitro groups is 1. The summed E-state index contributed by atoms with van der Waals surface area (Å²) in [6.07, 6.45) is -0.912. The lowest BCUT2D eigenvalue weighted by Crippen LogP contribution is -2.04. The highest BCUT2D eigenvalue weighted by Crippen LogP contribution is 2.26. The van der Waals surface area contributed by atoms with Crippen LogP contribution in [-0.4, -0.2) is 10.0 Å². The van der Waals surface area contributed by atoms with Gasteiger partial charge in [0.1, 0.15) is 5.82 Å². The minimum Gasteiger partial charge on any atom is -0.388 e. The van der Waals surface area contributed by atoms with E-state index in [2.05, 4.69) is 0 Å². The van der Waals surface area contributed by atoms with E-state index >= 15 is 0 Å². The molecular formula is C14H11ClFNO3. The van der Waals surface area contributed by atoms with E-state index < -0.39 is 16.8 Å². The zero-order valence-corrected chi connectivity index (χ0v) is 11.0. The molecule has 20 heavy (non-hydrogen) atoms. The van der Waals surface area contributed by atoms with E-state index in [9.17, 15) is 19.6 Å². The van der Waals surface area contributed by atoms with Gasteiger partial charge in [-0.05, 0) is 11.6 Å². The predicted octanol–water partition coefficient (Wildman–Crippen LogP) is 3.66. The van der Waals surface area contributed by atoms with Gasteiger partial charge in [0.2, 0.25) is 0 Å². The molecule has 0 aromatic heterocycles. The molecule has 2 rings (SSSR count). The number of nitro benzene ring substituents is 1. The molecule has 0 spiro atoms. The molecule has 6 heteroatoms. The molecule has 0 saturated carbocycles. The number of non-ortho nitro benzene ring substituents is 1. The number of nitrogens with zero attached hydrogens (tertiary/aromatic N) is 1. The van der Waals surface area contributed by atoms with Gasteiger partial charge in [0, 0.05) is 24.1 Å². The van der Waals surface area contributed by atoms with Crippen molar-refractivity contribution < 1.29 is 14.4 Å². The summed E-state index contributed by atoms with van der Waals surface area (Å²) in [6.45, 7) is 0. The second kappa shape index (κ2) is 5.98. The average molecular weight is 296 g/mol. The maximum absolute atomic E-state index is 13.7. The lowest BCUT2D eigenvalue weighted by molar-refractivity contribution is -0.384. The Hall–Kier alpha value is -1.98. The Kier molecular flexibility index (Phi) is 4.32. The Balaban J connectivity index is 2.17. The van der Waals surface area contributed by atoms with Crippen molar-refractivity contribution in [2.75, 3.05) is 0 Å². The third-order valence-corrected chi connectivity index (χ3v) is 3.21. The minimum atomic E-state index is -1.06. The highest BCUT2D eigenvalue weighted by Gasteiger charge is 2.16. The predicted molar refractivity (Wildman–Crippen MR) is 73.2 cm³/mol. The van der Waals surface area contributed by atoms with Crippen molar-refractivity contribution in [3.63, 3.8) is 0 Å². The monoisotopic (exact) mass is 295 g/mol. The number of aliphatic hydroxyl groups excluding tert-OH is 1.